The molecule has 0 aliphatic rings. The minimum Gasteiger partial charge on any atom is -0.235 e. The molecule has 0 rings (SSSR count). The quantitative estimate of drug-likeness (QED) is 0.441. The van der Waals surface area contributed by atoms with Gasteiger partial charge in [0.2, 0.25) is 0 Å². The first kappa shape index (κ1) is 7.61. The number of hydrogen-bond donors (Lipinski definition) is 1. The zero-order chi connectivity index (χ0) is 6.62. The lowest BCUT2D eigenvalue weighted by Gasteiger charge is -1.85. The summed E-state index contributed by atoms with van der Waals surface area (Å²) in [4.78, 5) is 0. The summed E-state index contributed by atoms with van der Waals surface area (Å²) in [6.45, 7) is 1.50. The van der Waals surface area contributed by atoms with Crippen LogP contribution >= 0.6 is 0 Å². The van der Waals surface area contributed by atoms with Gasteiger partial charge in [-0.1, -0.05) is 6.08 Å². The fraction of sp³-hybridized carbons (Fsp3) is 0.333. The van der Waals surface area contributed by atoms with Crippen LogP contribution in [0, 0.1) is 0 Å². The van der Waals surface area contributed by atoms with E-state index in [-0.39, 0.29) is 0 Å². The molecule has 0 radical (unpaired) electrons. The summed E-state index contributed by atoms with van der Waals surface area (Å²) < 4.78 is 23.1. The van der Waals surface area contributed by atoms with Gasteiger partial charge in [0.1, 0.15) is 0 Å². The molecule has 8 heavy (non-hydrogen) atoms. The molecule has 0 amide bonds. The maximum atomic E-state index is 10.0. The Morgan fingerprint density at radius 3 is 2.25 bits per heavy atom. The van der Waals surface area contributed by atoms with Crippen molar-refractivity contribution in [3.8, 4) is 0 Å². The minimum atomic E-state index is -3.79. The van der Waals surface area contributed by atoms with Crippen molar-refractivity contribution < 1.29 is 18.0 Å². The Morgan fingerprint density at radius 1 is 1.62 bits per heavy atom. The highest BCUT2D eigenvalue weighted by Gasteiger charge is 2.00. The fourth-order valence-corrected chi connectivity index (χ4v) is 0.575. The van der Waals surface area contributed by atoms with E-state index in [1.54, 1.807) is 0 Å². The van der Waals surface area contributed by atoms with E-state index in [2.05, 4.69) is 4.33 Å². The summed E-state index contributed by atoms with van der Waals surface area (Å²) in [5.74, 6) is 0. The lowest BCUT2D eigenvalue weighted by Crippen LogP contribution is -1.95. The van der Waals surface area contributed by atoms with Gasteiger partial charge in [0.25, 0.3) is 0 Å². The zero-order valence-electron chi connectivity index (χ0n) is 4.23. The van der Waals surface area contributed by atoms with E-state index < -0.39 is 10.1 Å². The Balaban J connectivity index is 4.17. The molecule has 0 saturated heterocycles. The predicted molar refractivity (Wildman–Crippen MR) is 27.4 cm³/mol. The molecule has 0 atom stereocenters. The van der Waals surface area contributed by atoms with Crippen LogP contribution in [-0.2, 0) is 14.5 Å². The Hall–Kier alpha value is -0.390. The van der Waals surface area contributed by atoms with Gasteiger partial charge in [-0.05, 0) is 6.92 Å². The average Bonchev–Trinajstić information content (AvgIpc) is 1.67. The van der Waals surface area contributed by atoms with Crippen molar-refractivity contribution in [3.63, 3.8) is 0 Å². The van der Waals surface area contributed by atoms with Crippen molar-refractivity contribution in [2.45, 2.75) is 6.92 Å². The van der Waals surface area contributed by atoms with Gasteiger partial charge in [-0.15, -0.1) is 4.33 Å². The maximum absolute atomic E-state index is 10.0. The van der Waals surface area contributed by atoms with Crippen LogP contribution in [0.15, 0.2) is 11.5 Å². The lowest BCUT2D eigenvalue weighted by atomic mass is 10.8. The monoisotopic (exact) mass is 138 g/mol. The van der Waals surface area contributed by atoms with Crippen molar-refractivity contribution in [3.05, 3.63) is 11.5 Å². The van der Waals surface area contributed by atoms with Crippen LogP contribution in [0.2, 0.25) is 0 Å². The molecule has 0 aromatic carbocycles. The van der Waals surface area contributed by atoms with Crippen LogP contribution in [0.3, 0.4) is 0 Å². The van der Waals surface area contributed by atoms with Crippen LogP contribution in [0.5, 0.6) is 0 Å². The summed E-state index contributed by atoms with van der Waals surface area (Å²) >= 11 is 0. The van der Waals surface area contributed by atoms with Gasteiger partial charge in [0, 0.05) is 0 Å². The Kier molecular flexibility index (Phi) is 2.67. The minimum absolute atomic E-state index is 0.743. The molecule has 0 bridgehead atoms. The van der Waals surface area contributed by atoms with Gasteiger partial charge in [0.15, 0.2) is 0 Å². The van der Waals surface area contributed by atoms with Crippen LogP contribution in [-0.4, -0.2) is 13.7 Å². The Bertz CT molecular complexity index is 166. The lowest BCUT2D eigenvalue weighted by molar-refractivity contribution is -0.129. The highest BCUT2D eigenvalue weighted by atomic mass is 32.2. The first-order chi connectivity index (χ1) is 3.62. The van der Waals surface area contributed by atoms with Gasteiger partial charge in [-0.2, -0.15) is 8.42 Å². The van der Waals surface area contributed by atoms with Gasteiger partial charge in [-0.3, -0.25) is 0 Å². The number of rotatable bonds is 2. The predicted octanol–water partition coefficient (Wildman–Crippen LogP) is 0.339. The van der Waals surface area contributed by atoms with Crippen molar-refractivity contribution in [2.24, 2.45) is 0 Å². The molecule has 0 fully saturated rings. The van der Waals surface area contributed by atoms with Crippen LogP contribution in [0.25, 0.3) is 0 Å². The molecular formula is C3H6O4S. The smallest absolute Gasteiger partial charge is 0.235 e. The third-order valence-corrected chi connectivity index (χ3v) is 1.22. The molecule has 4 nitrogen and oxygen atoms in total. The van der Waals surface area contributed by atoms with Crippen LogP contribution < -0.4 is 0 Å². The van der Waals surface area contributed by atoms with E-state index in [4.69, 9.17) is 5.26 Å². The van der Waals surface area contributed by atoms with Crippen LogP contribution in [0.1, 0.15) is 6.92 Å². The van der Waals surface area contributed by atoms with Gasteiger partial charge >= 0.3 is 10.1 Å². The molecule has 0 aliphatic heterocycles. The molecule has 48 valence electrons. The summed E-state index contributed by atoms with van der Waals surface area (Å²) in [5, 5.41) is 8.33. The van der Waals surface area contributed by atoms with E-state index in [1.165, 1.54) is 13.0 Å². The maximum Gasteiger partial charge on any atom is 0.315 e. The molecule has 0 unspecified atom stereocenters. The van der Waals surface area contributed by atoms with Crippen LogP contribution in [0.4, 0.5) is 0 Å². The van der Waals surface area contributed by atoms with E-state index in [1.807, 2.05) is 0 Å². The largest absolute Gasteiger partial charge is 0.315 e. The molecule has 0 spiro atoms. The molecule has 0 heterocycles. The van der Waals surface area contributed by atoms with E-state index >= 15 is 0 Å². The standard InChI is InChI=1S/C3H6O4S/c1-2-3-8(5,6)7-4/h2-4H,1H3. The topological polar surface area (TPSA) is 63.6 Å². The van der Waals surface area contributed by atoms with Crippen molar-refractivity contribution in [1.29, 1.82) is 0 Å². The van der Waals surface area contributed by atoms with E-state index in [0.29, 0.717) is 0 Å². The van der Waals surface area contributed by atoms with Gasteiger partial charge < -0.3 is 0 Å². The van der Waals surface area contributed by atoms with Crippen molar-refractivity contribution >= 4 is 10.1 Å². The van der Waals surface area contributed by atoms with Crippen molar-refractivity contribution in [1.82, 2.24) is 0 Å². The highest BCUT2D eigenvalue weighted by molar-refractivity contribution is 7.89. The molecule has 5 heteroatoms. The first-order valence-electron chi connectivity index (χ1n) is 1.83. The Labute approximate surface area is 47.5 Å². The normalized spacial score (nSPS) is 12.8. The molecule has 0 saturated carbocycles. The second-order valence-electron chi connectivity index (χ2n) is 1.04. The third kappa shape index (κ3) is 2.73. The summed E-state index contributed by atoms with van der Waals surface area (Å²) in [6.07, 6.45) is 1.24. The molecule has 0 aliphatic carbocycles. The summed E-state index contributed by atoms with van der Waals surface area (Å²) in [6, 6.07) is 0. The summed E-state index contributed by atoms with van der Waals surface area (Å²) in [5.41, 5.74) is 0. The second-order valence-corrected chi connectivity index (χ2v) is 2.44. The third-order valence-electron chi connectivity index (χ3n) is 0.407. The van der Waals surface area contributed by atoms with E-state index in [9.17, 15) is 8.42 Å². The molecule has 1 N–H and O–H groups in total. The zero-order valence-corrected chi connectivity index (χ0v) is 5.05. The molecule has 0 aromatic heterocycles. The SMILES string of the molecule is CC=CS(=O)(=O)OO. The van der Waals surface area contributed by atoms with Crippen molar-refractivity contribution in [2.75, 3.05) is 0 Å². The van der Waals surface area contributed by atoms with Gasteiger partial charge in [0.05, 0.1) is 5.41 Å². The van der Waals surface area contributed by atoms with E-state index in [0.717, 1.165) is 5.41 Å². The van der Waals surface area contributed by atoms with Gasteiger partial charge in [-0.25, -0.2) is 5.26 Å². The Morgan fingerprint density at radius 2 is 2.12 bits per heavy atom. The average molecular weight is 138 g/mol. The highest BCUT2D eigenvalue weighted by Crippen LogP contribution is 1.89. The first-order valence-corrected chi connectivity index (χ1v) is 3.30. The molecule has 0 aromatic rings. The fourth-order valence-electron chi connectivity index (χ4n) is 0.192. The number of allylic oxidation sites excluding steroid dienone is 1. The summed E-state index contributed by atoms with van der Waals surface area (Å²) in [7, 11) is -3.79. The molecular weight excluding hydrogens is 132 g/mol. The number of hydrogen-bond acceptors (Lipinski definition) is 4. The second kappa shape index (κ2) is 2.81.